The summed E-state index contributed by atoms with van der Waals surface area (Å²) >= 11 is 0. The van der Waals surface area contributed by atoms with E-state index in [0.29, 0.717) is 24.5 Å². The van der Waals surface area contributed by atoms with Gasteiger partial charge in [0.2, 0.25) is 5.91 Å². The fourth-order valence-corrected chi connectivity index (χ4v) is 2.71. The van der Waals surface area contributed by atoms with Gasteiger partial charge in [-0.25, -0.2) is 4.79 Å². The van der Waals surface area contributed by atoms with Crippen molar-refractivity contribution in [2.24, 2.45) is 11.5 Å². The molecule has 0 aromatic heterocycles. The van der Waals surface area contributed by atoms with Gasteiger partial charge >= 0.3 is 11.9 Å². The summed E-state index contributed by atoms with van der Waals surface area (Å²) in [5.41, 5.74) is 11.4. The Labute approximate surface area is 198 Å². The van der Waals surface area contributed by atoms with Crippen LogP contribution in [0.1, 0.15) is 35.2 Å². The van der Waals surface area contributed by atoms with Crippen LogP contribution in [0.5, 0.6) is 11.5 Å². The zero-order chi connectivity index (χ0) is 25.5. The molecule has 0 saturated carbocycles. The molecule has 0 saturated heterocycles. The SMILES string of the molecule is COc1ccc(/C=C/C(=O)Nc2ccccc2C(=O)O)cc1OC.NCCCC[C@H](N)C(=O)O. The number of unbranched alkanes of at least 4 members (excludes halogenated alkanes) is 1. The van der Waals surface area contributed by atoms with Crippen LogP contribution < -0.4 is 26.3 Å². The number of nitrogens with one attached hydrogen (secondary N) is 1. The van der Waals surface area contributed by atoms with Gasteiger partial charge in [-0.1, -0.05) is 24.6 Å². The minimum atomic E-state index is -1.10. The average Bonchev–Trinajstić information content (AvgIpc) is 2.83. The summed E-state index contributed by atoms with van der Waals surface area (Å²) in [5.74, 6) is -1.32. The highest BCUT2D eigenvalue weighted by Gasteiger charge is 2.11. The van der Waals surface area contributed by atoms with E-state index in [9.17, 15) is 14.4 Å². The van der Waals surface area contributed by atoms with E-state index in [1.807, 2.05) is 0 Å². The molecule has 2 aromatic rings. The average molecular weight is 474 g/mol. The molecule has 0 radical (unpaired) electrons. The minimum Gasteiger partial charge on any atom is -0.493 e. The number of methoxy groups -OCH3 is 2. The van der Waals surface area contributed by atoms with E-state index in [0.717, 1.165) is 18.4 Å². The molecule has 0 fully saturated rings. The molecule has 0 unspecified atom stereocenters. The van der Waals surface area contributed by atoms with Gasteiger partial charge in [0.15, 0.2) is 11.5 Å². The van der Waals surface area contributed by atoms with Crippen molar-refractivity contribution in [3.05, 3.63) is 59.7 Å². The van der Waals surface area contributed by atoms with Crippen LogP contribution in [-0.4, -0.2) is 54.9 Å². The Morgan fingerprint density at radius 2 is 1.71 bits per heavy atom. The summed E-state index contributed by atoms with van der Waals surface area (Å²) in [4.78, 5) is 33.2. The maximum atomic E-state index is 12.0. The summed E-state index contributed by atoms with van der Waals surface area (Å²) < 4.78 is 10.3. The number of benzene rings is 2. The normalized spacial score (nSPS) is 11.2. The number of aliphatic carboxylic acids is 1. The lowest BCUT2D eigenvalue weighted by Crippen LogP contribution is -2.29. The number of carboxylic acids is 2. The van der Waals surface area contributed by atoms with Crippen molar-refractivity contribution < 1.29 is 34.1 Å². The highest BCUT2D eigenvalue weighted by atomic mass is 16.5. The van der Waals surface area contributed by atoms with Crippen molar-refractivity contribution >= 4 is 29.6 Å². The van der Waals surface area contributed by atoms with Crippen LogP contribution in [0.4, 0.5) is 5.69 Å². The molecule has 0 bridgehead atoms. The van der Waals surface area contributed by atoms with Crippen molar-refractivity contribution in [3.63, 3.8) is 0 Å². The van der Waals surface area contributed by atoms with Gasteiger partial charge < -0.3 is 36.5 Å². The second kappa shape index (κ2) is 15.0. The molecule has 1 amide bonds. The van der Waals surface area contributed by atoms with Gasteiger partial charge in [-0.15, -0.1) is 0 Å². The first-order valence-electron chi connectivity index (χ1n) is 10.4. The van der Waals surface area contributed by atoms with Crippen molar-refractivity contribution in [2.45, 2.75) is 25.3 Å². The third kappa shape index (κ3) is 9.72. The summed E-state index contributed by atoms with van der Waals surface area (Å²) in [6.07, 6.45) is 5.08. The van der Waals surface area contributed by atoms with Gasteiger partial charge in [0, 0.05) is 6.08 Å². The van der Waals surface area contributed by atoms with Gasteiger partial charge in [0.05, 0.1) is 25.5 Å². The van der Waals surface area contributed by atoms with Crippen LogP contribution in [0.2, 0.25) is 0 Å². The molecule has 34 heavy (non-hydrogen) atoms. The summed E-state index contributed by atoms with van der Waals surface area (Å²) in [5, 5.41) is 20.0. The summed E-state index contributed by atoms with van der Waals surface area (Å²) in [6.45, 7) is 0.604. The number of aromatic carboxylic acids is 1. The lowest BCUT2D eigenvalue weighted by atomic mass is 10.1. The molecule has 0 heterocycles. The molecule has 7 N–H and O–H groups in total. The number of carboxylic acid groups (broad SMARTS) is 2. The Kier molecular flexibility index (Phi) is 12.4. The zero-order valence-corrected chi connectivity index (χ0v) is 19.2. The number of nitrogens with two attached hydrogens (primary N) is 2. The highest BCUT2D eigenvalue weighted by molar-refractivity contribution is 6.06. The van der Waals surface area contributed by atoms with Crippen LogP contribution >= 0.6 is 0 Å². The van der Waals surface area contributed by atoms with Gasteiger partial charge in [-0.3, -0.25) is 9.59 Å². The van der Waals surface area contributed by atoms with Crippen LogP contribution in [0.15, 0.2) is 48.5 Å². The number of carbonyl (C=O) groups is 3. The maximum absolute atomic E-state index is 12.0. The molecular formula is C24H31N3O7. The molecule has 2 aromatic carbocycles. The highest BCUT2D eigenvalue weighted by Crippen LogP contribution is 2.28. The fraction of sp³-hybridized carbons (Fsp3) is 0.292. The second-order valence-corrected chi connectivity index (χ2v) is 7.02. The second-order valence-electron chi connectivity index (χ2n) is 7.02. The zero-order valence-electron chi connectivity index (χ0n) is 19.2. The standard InChI is InChI=1S/C18H17NO5.C6H14N2O2/c1-23-15-9-7-12(11-16(15)24-2)8-10-17(20)19-14-6-4-3-5-13(14)18(21)22;7-4-2-1-3-5(8)6(9)10/h3-11H,1-2H3,(H,19,20)(H,21,22);5H,1-4,7-8H2,(H,9,10)/b10-8+;/t;5-/m.0/s1. The van der Waals surface area contributed by atoms with Crippen LogP contribution in [-0.2, 0) is 9.59 Å². The molecule has 0 aliphatic carbocycles. The Morgan fingerprint density at radius 1 is 1.03 bits per heavy atom. The third-order valence-electron chi connectivity index (χ3n) is 4.54. The molecule has 10 nitrogen and oxygen atoms in total. The molecule has 10 heteroatoms. The number of rotatable bonds is 11. The molecule has 0 aliphatic rings. The van der Waals surface area contributed by atoms with Crippen LogP contribution in [0.3, 0.4) is 0 Å². The Hall–Kier alpha value is -3.89. The molecule has 2 rings (SSSR count). The Morgan fingerprint density at radius 3 is 2.29 bits per heavy atom. The number of ether oxygens (including phenoxy) is 2. The predicted octanol–water partition coefficient (Wildman–Crippen LogP) is 2.58. The topological polar surface area (TPSA) is 174 Å². The molecular weight excluding hydrogens is 442 g/mol. The van der Waals surface area contributed by atoms with E-state index in [4.69, 9.17) is 31.2 Å². The lowest BCUT2D eigenvalue weighted by molar-refractivity contribution is -0.138. The third-order valence-corrected chi connectivity index (χ3v) is 4.54. The van der Waals surface area contributed by atoms with Crippen molar-refractivity contribution in [1.29, 1.82) is 0 Å². The van der Waals surface area contributed by atoms with E-state index in [1.165, 1.54) is 25.3 Å². The number of hydrogen-bond acceptors (Lipinski definition) is 7. The van der Waals surface area contributed by atoms with Crippen molar-refractivity contribution in [2.75, 3.05) is 26.1 Å². The first kappa shape index (κ1) is 28.1. The van der Waals surface area contributed by atoms with Gasteiger partial charge in [0.25, 0.3) is 0 Å². The summed E-state index contributed by atoms with van der Waals surface area (Å²) in [6, 6.07) is 10.7. The fourth-order valence-electron chi connectivity index (χ4n) is 2.71. The van der Waals surface area contributed by atoms with E-state index in [2.05, 4.69) is 5.32 Å². The first-order valence-corrected chi connectivity index (χ1v) is 10.4. The molecule has 1 atom stereocenters. The minimum absolute atomic E-state index is 0.0327. The molecule has 0 spiro atoms. The summed E-state index contributed by atoms with van der Waals surface area (Å²) in [7, 11) is 3.07. The van der Waals surface area contributed by atoms with Gasteiger partial charge in [-0.05, 0) is 55.3 Å². The number of amides is 1. The smallest absolute Gasteiger partial charge is 0.337 e. The number of carbonyl (C=O) groups excluding carboxylic acids is 1. The van der Waals surface area contributed by atoms with Crippen molar-refractivity contribution in [3.8, 4) is 11.5 Å². The van der Waals surface area contributed by atoms with E-state index in [-0.39, 0.29) is 11.3 Å². The number of anilines is 1. The van der Waals surface area contributed by atoms with Crippen LogP contribution in [0.25, 0.3) is 6.08 Å². The van der Waals surface area contributed by atoms with Gasteiger partial charge in [0.1, 0.15) is 6.04 Å². The molecule has 184 valence electrons. The van der Waals surface area contributed by atoms with Gasteiger partial charge in [-0.2, -0.15) is 0 Å². The predicted molar refractivity (Wildman–Crippen MR) is 129 cm³/mol. The van der Waals surface area contributed by atoms with E-state index < -0.39 is 23.9 Å². The Balaban J connectivity index is 0.000000489. The van der Waals surface area contributed by atoms with E-state index in [1.54, 1.807) is 43.5 Å². The van der Waals surface area contributed by atoms with Crippen LogP contribution in [0, 0.1) is 0 Å². The largest absolute Gasteiger partial charge is 0.493 e. The van der Waals surface area contributed by atoms with E-state index >= 15 is 0 Å². The monoisotopic (exact) mass is 473 g/mol. The van der Waals surface area contributed by atoms with Crippen molar-refractivity contribution in [1.82, 2.24) is 0 Å². The Bertz CT molecular complexity index is 992. The number of hydrogen-bond donors (Lipinski definition) is 5. The lowest BCUT2D eigenvalue weighted by Gasteiger charge is -2.08. The maximum Gasteiger partial charge on any atom is 0.337 e. The first-order chi connectivity index (χ1) is 16.2. The molecule has 0 aliphatic heterocycles. The number of para-hydroxylation sites is 1. The quantitative estimate of drug-likeness (QED) is 0.243.